The molecule has 6 heteroatoms. The van der Waals surface area contributed by atoms with Gasteiger partial charge in [-0.25, -0.2) is 0 Å². The van der Waals surface area contributed by atoms with Crippen LogP contribution in [0.25, 0.3) is 0 Å². The Balaban J connectivity index is 1.48. The van der Waals surface area contributed by atoms with Gasteiger partial charge in [0, 0.05) is 5.92 Å². The topological polar surface area (TPSA) is 77.4 Å². The lowest BCUT2D eigenvalue weighted by Gasteiger charge is -2.30. The molecule has 0 aromatic rings. The Morgan fingerprint density at radius 2 is 1.81 bits per heavy atom. The van der Waals surface area contributed by atoms with E-state index in [2.05, 4.69) is 6.92 Å². The minimum atomic E-state index is -0.484. The highest BCUT2D eigenvalue weighted by molar-refractivity contribution is 4.67. The van der Waals surface area contributed by atoms with Gasteiger partial charge in [-0.15, -0.1) is 0 Å². The second-order valence-corrected chi connectivity index (χ2v) is 6.01. The predicted molar refractivity (Wildman–Crippen MR) is 75.6 cm³/mol. The number of ether oxygens (including phenoxy) is 4. The average molecular weight is 304 g/mol. The molecule has 0 aliphatic carbocycles. The van der Waals surface area contributed by atoms with E-state index in [1.54, 1.807) is 0 Å². The molecule has 3 unspecified atom stereocenters. The van der Waals surface area contributed by atoms with Crippen LogP contribution in [0.5, 0.6) is 0 Å². The lowest BCUT2D eigenvalue weighted by Crippen LogP contribution is -2.38. The first kappa shape index (κ1) is 17.1. The molecule has 0 aromatic carbocycles. The summed E-state index contributed by atoms with van der Waals surface area (Å²) in [6.45, 7) is 3.40. The first-order chi connectivity index (χ1) is 10.2. The van der Waals surface area contributed by atoms with Gasteiger partial charge in [0.25, 0.3) is 0 Å². The van der Waals surface area contributed by atoms with Crippen molar-refractivity contribution in [3.8, 4) is 0 Å². The molecule has 2 N–H and O–H groups in total. The van der Waals surface area contributed by atoms with Crippen molar-refractivity contribution in [2.45, 2.75) is 63.8 Å². The van der Waals surface area contributed by atoms with Gasteiger partial charge in [0.15, 0.2) is 12.6 Å². The smallest absolute Gasteiger partial charge is 0.160 e. The van der Waals surface area contributed by atoms with Crippen molar-refractivity contribution in [3.63, 3.8) is 0 Å². The van der Waals surface area contributed by atoms with E-state index < -0.39 is 6.10 Å². The van der Waals surface area contributed by atoms with Crippen LogP contribution in [0.4, 0.5) is 0 Å². The summed E-state index contributed by atoms with van der Waals surface area (Å²) in [6, 6.07) is 0. The Morgan fingerprint density at radius 3 is 2.48 bits per heavy atom. The summed E-state index contributed by atoms with van der Waals surface area (Å²) >= 11 is 0. The summed E-state index contributed by atoms with van der Waals surface area (Å²) in [6.07, 6.45) is 4.26. The van der Waals surface area contributed by atoms with Crippen molar-refractivity contribution >= 4 is 0 Å². The molecule has 21 heavy (non-hydrogen) atoms. The van der Waals surface area contributed by atoms with Gasteiger partial charge < -0.3 is 29.2 Å². The maximum Gasteiger partial charge on any atom is 0.160 e. The third kappa shape index (κ3) is 5.81. The molecule has 124 valence electrons. The molecule has 3 atom stereocenters. The van der Waals surface area contributed by atoms with E-state index in [1.165, 1.54) is 0 Å². The molecule has 2 saturated heterocycles. The van der Waals surface area contributed by atoms with Crippen LogP contribution in [0.2, 0.25) is 0 Å². The monoisotopic (exact) mass is 304 g/mol. The molecule has 2 aliphatic heterocycles. The summed E-state index contributed by atoms with van der Waals surface area (Å²) in [7, 11) is 0. The van der Waals surface area contributed by atoms with E-state index in [9.17, 15) is 5.11 Å². The third-order valence-corrected chi connectivity index (χ3v) is 3.99. The Hall–Kier alpha value is -0.240. The number of aliphatic hydroxyl groups excluding tert-OH is 2. The number of hydrogen-bond donors (Lipinski definition) is 2. The Morgan fingerprint density at radius 1 is 1.05 bits per heavy atom. The molecule has 6 nitrogen and oxygen atoms in total. The Bertz CT molecular complexity index is 279. The lowest BCUT2D eigenvalue weighted by molar-refractivity contribution is -0.236. The molecule has 2 rings (SSSR count). The molecule has 2 aliphatic rings. The van der Waals surface area contributed by atoms with Crippen molar-refractivity contribution in [2.75, 3.05) is 26.4 Å². The van der Waals surface area contributed by atoms with Gasteiger partial charge in [-0.1, -0.05) is 19.8 Å². The average Bonchev–Trinajstić information content (AvgIpc) is 2.95. The normalized spacial score (nSPS) is 35.0. The van der Waals surface area contributed by atoms with Crippen molar-refractivity contribution in [2.24, 2.45) is 5.92 Å². The zero-order valence-electron chi connectivity index (χ0n) is 12.8. The van der Waals surface area contributed by atoms with E-state index in [-0.39, 0.29) is 25.3 Å². The summed E-state index contributed by atoms with van der Waals surface area (Å²) in [5.41, 5.74) is 0. The zero-order valence-corrected chi connectivity index (χ0v) is 12.8. The largest absolute Gasteiger partial charge is 0.394 e. The second kappa shape index (κ2) is 9.02. The summed E-state index contributed by atoms with van der Waals surface area (Å²) < 4.78 is 21.9. The number of rotatable bonds is 8. The minimum absolute atomic E-state index is 0.0318. The molecule has 0 spiro atoms. The summed E-state index contributed by atoms with van der Waals surface area (Å²) in [5.74, 6) is 0.343. The molecular weight excluding hydrogens is 276 g/mol. The van der Waals surface area contributed by atoms with Crippen LogP contribution in [0.3, 0.4) is 0 Å². The van der Waals surface area contributed by atoms with Crippen LogP contribution in [0.1, 0.15) is 39.0 Å². The molecule has 0 bridgehead atoms. The first-order valence-corrected chi connectivity index (χ1v) is 7.98. The molecule has 0 aromatic heterocycles. The number of aliphatic hydroxyl groups is 2. The third-order valence-electron chi connectivity index (χ3n) is 3.99. The highest BCUT2D eigenvalue weighted by Gasteiger charge is 2.26. The van der Waals surface area contributed by atoms with E-state index in [1.807, 2.05) is 0 Å². The van der Waals surface area contributed by atoms with Gasteiger partial charge in [0.05, 0.1) is 26.4 Å². The van der Waals surface area contributed by atoms with Crippen LogP contribution >= 0.6 is 0 Å². The van der Waals surface area contributed by atoms with Gasteiger partial charge in [-0.3, -0.25) is 0 Å². The first-order valence-electron chi connectivity index (χ1n) is 7.98. The van der Waals surface area contributed by atoms with Gasteiger partial charge in [0.1, 0.15) is 12.2 Å². The van der Waals surface area contributed by atoms with E-state index in [0.29, 0.717) is 25.7 Å². The Kier molecular flexibility index (Phi) is 7.36. The van der Waals surface area contributed by atoms with Crippen LogP contribution in [-0.2, 0) is 18.9 Å². The van der Waals surface area contributed by atoms with Crippen molar-refractivity contribution in [1.82, 2.24) is 0 Å². The summed E-state index contributed by atoms with van der Waals surface area (Å²) in [5, 5.41) is 18.3. The molecule has 0 saturated carbocycles. The molecule has 2 fully saturated rings. The predicted octanol–water partition coefficient (Wildman–Crippen LogP) is 1.04. The van der Waals surface area contributed by atoms with E-state index in [0.717, 1.165) is 32.1 Å². The maximum absolute atomic E-state index is 9.31. The Labute approximate surface area is 126 Å². The fourth-order valence-corrected chi connectivity index (χ4v) is 2.68. The molecule has 0 amide bonds. The standard InChI is InChI=1S/C15H28O6/c1-11(15-19-8-12(17)9-20-15)5-3-2-4-6-14-18-10-13(7-16)21-14/h11-17H,2-10H2,1H3. The zero-order chi connectivity index (χ0) is 15.1. The molecule has 0 radical (unpaired) electrons. The fraction of sp³-hybridized carbons (Fsp3) is 1.00. The van der Waals surface area contributed by atoms with E-state index >= 15 is 0 Å². The quantitative estimate of drug-likeness (QED) is 0.653. The maximum atomic E-state index is 9.31. The van der Waals surface area contributed by atoms with E-state index in [4.69, 9.17) is 24.1 Å². The van der Waals surface area contributed by atoms with Crippen molar-refractivity contribution in [3.05, 3.63) is 0 Å². The van der Waals surface area contributed by atoms with Crippen molar-refractivity contribution < 1.29 is 29.2 Å². The molecule has 2 heterocycles. The van der Waals surface area contributed by atoms with Gasteiger partial charge in [-0.2, -0.15) is 0 Å². The molecular formula is C15H28O6. The fourth-order valence-electron chi connectivity index (χ4n) is 2.68. The highest BCUT2D eigenvalue weighted by atomic mass is 16.7. The number of unbranched alkanes of at least 4 members (excludes halogenated alkanes) is 2. The SMILES string of the molecule is CC(CCCCCC1OCC(CO)O1)C1OCC(O)CO1. The highest BCUT2D eigenvalue weighted by Crippen LogP contribution is 2.22. The van der Waals surface area contributed by atoms with Crippen LogP contribution in [0, 0.1) is 5.92 Å². The summed E-state index contributed by atoms with van der Waals surface area (Å²) in [4.78, 5) is 0. The van der Waals surface area contributed by atoms with Gasteiger partial charge in [-0.05, 0) is 19.3 Å². The van der Waals surface area contributed by atoms with Gasteiger partial charge in [0.2, 0.25) is 0 Å². The van der Waals surface area contributed by atoms with Crippen molar-refractivity contribution in [1.29, 1.82) is 0 Å². The lowest BCUT2D eigenvalue weighted by atomic mass is 10.0. The van der Waals surface area contributed by atoms with Gasteiger partial charge >= 0.3 is 0 Å². The second-order valence-electron chi connectivity index (χ2n) is 6.01. The van der Waals surface area contributed by atoms with Crippen LogP contribution in [0.15, 0.2) is 0 Å². The minimum Gasteiger partial charge on any atom is -0.394 e. The van der Waals surface area contributed by atoms with Crippen LogP contribution < -0.4 is 0 Å². The number of hydrogen-bond acceptors (Lipinski definition) is 6. The van der Waals surface area contributed by atoms with Crippen LogP contribution in [-0.4, -0.2) is 61.4 Å².